The van der Waals surface area contributed by atoms with Crippen LogP contribution in [0.15, 0.2) is 58.5 Å². The topological polar surface area (TPSA) is 76.5 Å². The number of H-pyrrole nitrogens is 1. The zero-order valence-electron chi connectivity index (χ0n) is 13.8. The van der Waals surface area contributed by atoms with Gasteiger partial charge in [0.15, 0.2) is 11.0 Å². The number of nitrogens with zero attached hydrogens (tertiary/aromatic N) is 4. The number of aromatic amines is 1. The Balaban J connectivity index is 1.58. The van der Waals surface area contributed by atoms with Crippen LogP contribution in [0.4, 0.5) is 4.39 Å². The minimum atomic E-state index is -0.322. The Morgan fingerprint density at radius 2 is 2.00 bits per heavy atom. The molecule has 4 rings (SSSR count). The van der Waals surface area contributed by atoms with E-state index in [9.17, 15) is 9.18 Å². The maximum Gasteiger partial charge on any atom is 0.258 e. The van der Waals surface area contributed by atoms with E-state index in [0.717, 1.165) is 0 Å². The van der Waals surface area contributed by atoms with Crippen LogP contribution in [0.1, 0.15) is 5.82 Å². The average molecular weight is 367 g/mol. The molecule has 26 heavy (non-hydrogen) atoms. The van der Waals surface area contributed by atoms with Gasteiger partial charge in [0.05, 0.1) is 16.7 Å². The van der Waals surface area contributed by atoms with E-state index in [1.165, 1.54) is 23.9 Å². The van der Waals surface area contributed by atoms with Gasteiger partial charge in [-0.2, -0.15) is 0 Å². The molecule has 0 saturated carbocycles. The van der Waals surface area contributed by atoms with Gasteiger partial charge in [-0.05, 0) is 24.3 Å². The molecule has 0 spiro atoms. The van der Waals surface area contributed by atoms with E-state index in [2.05, 4.69) is 20.2 Å². The fourth-order valence-corrected chi connectivity index (χ4v) is 3.44. The van der Waals surface area contributed by atoms with Crippen LogP contribution in [0.2, 0.25) is 0 Å². The summed E-state index contributed by atoms with van der Waals surface area (Å²) < 4.78 is 15.2. The fraction of sp³-hybridized carbons (Fsp3) is 0.111. The van der Waals surface area contributed by atoms with Crippen LogP contribution < -0.4 is 5.56 Å². The number of benzene rings is 2. The maximum absolute atomic E-state index is 13.4. The van der Waals surface area contributed by atoms with E-state index >= 15 is 0 Å². The van der Waals surface area contributed by atoms with Gasteiger partial charge in [0.2, 0.25) is 0 Å². The highest BCUT2D eigenvalue weighted by atomic mass is 32.2. The molecule has 0 unspecified atom stereocenters. The lowest BCUT2D eigenvalue weighted by molar-refractivity contribution is 0.628. The fourth-order valence-electron chi connectivity index (χ4n) is 2.66. The second kappa shape index (κ2) is 6.72. The minimum Gasteiger partial charge on any atom is -0.309 e. The van der Waals surface area contributed by atoms with Crippen LogP contribution in [0.3, 0.4) is 0 Å². The van der Waals surface area contributed by atoms with Crippen molar-refractivity contribution < 1.29 is 4.39 Å². The molecule has 0 bridgehead atoms. The lowest BCUT2D eigenvalue weighted by Crippen LogP contribution is -2.11. The normalized spacial score (nSPS) is 11.2. The summed E-state index contributed by atoms with van der Waals surface area (Å²) in [6.45, 7) is 0. The molecule has 2 aromatic carbocycles. The van der Waals surface area contributed by atoms with Gasteiger partial charge in [-0.15, -0.1) is 10.2 Å². The monoisotopic (exact) mass is 367 g/mol. The lowest BCUT2D eigenvalue weighted by Gasteiger charge is -2.05. The molecule has 0 radical (unpaired) electrons. The first kappa shape index (κ1) is 16.5. The van der Waals surface area contributed by atoms with Gasteiger partial charge in [0, 0.05) is 12.6 Å². The van der Waals surface area contributed by atoms with Crippen molar-refractivity contribution in [1.29, 1.82) is 0 Å². The van der Waals surface area contributed by atoms with E-state index in [0.29, 0.717) is 39.0 Å². The summed E-state index contributed by atoms with van der Waals surface area (Å²) in [5.74, 6) is 1.26. The van der Waals surface area contributed by atoms with Crippen LogP contribution >= 0.6 is 11.8 Å². The molecule has 0 atom stereocenters. The molecule has 130 valence electrons. The molecule has 0 amide bonds. The zero-order chi connectivity index (χ0) is 18.1. The van der Waals surface area contributed by atoms with Crippen molar-refractivity contribution in [3.05, 3.63) is 70.5 Å². The molecule has 4 aromatic rings. The van der Waals surface area contributed by atoms with E-state index < -0.39 is 0 Å². The Morgan fingerprint density at radius 1 is 1.15 bits per heavy atom. The van der Waals surface area contributed by atoms with Crippen molar-refractivity contribution >= 4 is 22.7 Å². The summed E-state index contributed by atoms with van der Waals surface area (Å²) in [6.07, 6.45) is 0. The molecular formula is C18H14FN5OS. The standard InChI is InChI=1S/C18H14FN5OS/c1-24-16(11-5-4-6-12(19)9-11)22-23-18(24)26-10-15-20-14-8-3-2-7-13(14)17(25)21-15/h2-9H,10H2,1H3,(H,20,21,25). The summed E-state index contributed by atoms with van der Waals surface area (Å²) in [6, 6.07) is 13.4. The number of hydrogen-bond donors (Lipinski definition) is 1. The van der Waals surface area contributed by atoms with Crippen LogP contribution in [0, 0.1) is 5.82 Å². The molecule has 0 aliphatic carbocycles. The molecule has 0 fully saturated rings. The predicted molar refractivity (Wildman–Crippen MR) is 98.3 cm³/mol. The number of aromatic nitrogens is 5. The third-order valence-corrected chi connectivity index (χ3v) is 4.95. The summed E-state index contributed by atoms with van der Waals surface area (Å²) in [4.78, 5) is 19.4. The van der Waals surface area contributed by atoms with Gasteiger partial charge in [-0.1, -0.05) is 36.0 Å². The maximum atomic E-state index is 13.4. The van der Waals surface area contributed by atoms with Gasteiger partial charge < -0.3 is 9.55 Å². The van der Waals surface area contributed by atoms with Crippen molar-refractivity contribution in [2.45, 2.75) is 10.9 Å². The highest BCUT2D eigenvalue weighted by molar-refractivity contribution is 7.98. The highest BCUT2D eigenvalue weighted by Crippen LogP contribution is 2.24. The SMILES string of the molecule is Cn1c(SCc2nc3ccccc3c(=O)[nH]2)nnc1-c1cccc(F)c1. The van der Waals surface area contributed by atoms with Crippen LogP contribution in [0.25, 0.3) is 22.3 Å². The summed E-state index contributed by atoms with van der Waals surface area (Å²) in [5.41, 5.74) is 1.15. The average Bonchev–Trinajstić information content (AvgIpc) is 3.01. The molecule has 2 heterocycles. The van der Waals surface area contributed by atoms with Crippen LogP contribution in [-0.2, 0) is 12.8 Å². The molecule has 0 aliphatic heterocycles. The van der Waals surface area contributed by atoms with Gasteiger partial charge in [0.25, 0.3) is 5.56 Å². The van der Waals surface area contributed by atoms with Gasteiger partial charge in [0.1, 0.15) is 11.6 Å². The Hall–Kier alpha value is -3.00. The Kier molecular flexibility index (Phi) is 4.26. The van der Waals surface area contributed by atoms with E-state index in [1.54, 1.807) is 28.8 Å². The first-order valence-corrected chi connectivity index (χ1v) is 8.86. The Labute approximate surface area is 152 Å². The second-order valence-corrected chi connectivity index (χ2v) is 6.64. The van der Waals surface area contributed by atoms with E-state index in [4.69, 9.17) is 0 Å². The Morgan fingerprint density at radius 3 is 2.85 bits per heavy atom. The van der Waals surface area contributed by atoms with Crippen molar-refractivity contribution in [3.8, 4) is 11.4 Å². The Bertz CT molecular complexity index is 1150. The summed E-state index contributed by atoms with van der Waals surface area (Å²) in [5, 5.41) is 9.51. The molecule has 0 aliphatic rings. The number of hydrogen-bond acceptors (Lipinski definition) is 5. The molecule has 1 N–H and O–H groups in total. The smallest absolute Gasteiger partial charge is 0.258 e. The van der Waals surface area contributed by atoms with Gasteiger partial charge in [-0.3, -0.25) is 4.79 Å². The number of nitrogens with one attached hydrogen (secondary N) is 1. The number of para-hydroxylation sites is 1. The van der Waals surface area contributed by atoms with Crippen molar-refractivity contribution in [2.75, 3.05) is 0 Å². The molecular weight excluding hydrogens is 353 g/mol. The van der Waals surface area contributed by atoms with Crippen molar-refractivity contribution in [1.82, 2.24) is 24.7 Å². The number of halogens is 1. The van der Waals surface area contributed by atoms with Crippen LogP contribution in [-0.4, -0.2) is 24.7 Å². The van der Waals surface area contributed by atoms with Crippen LogP contribution in [0.5, 0.6) is 0 Å². The second-order valence-electron chi connectivity index (χ2n) is 5.69. The largest absolute Gasteiger partial charge is 0.309 e. The van der Waals surface area contributed by atoms with E-state index in [1.807, 2.05) is 19.2 Å². The zero-order valence-corrected chi connectivity index (χ0v) is 14.6. The summed E-state index contributed by atoms with van der Waals surface area (Å²) >= 11 is 1.40. The van der Waals surface area contributed by atoms with E-state index in [-0.39, 0.29) is 11.4 Å². The van der Waals surface area contributed by atoms with Gasteiger partial charge in [-0.25, -0.2) is 9.37 Å². The van der Waals surface area contributed by atoms with Gasteiger partial charge >= 0.3 is 0 Å². The highest BCUT2D eigenvalue weighted by Gasteiger charge is 2.13. The third kappa shape index (κ3) is 3.11. The molecule has 6 nitrogen and oxygen atoms in total. The molecule has 0 saturated heterocycles. The molecule has 8 heteroatoms. The van der Waals surface area contributed by atoms with Crippen molar-refractivity contribution in [3.63, 3.8) is 0 Å². The minimum absolute atomic E-state index is 0.162. The first-order valence-electron chi connectivity index (χ1n) is 7.88. The summed E-state index contributed by atoms with van der Waals surface area (Å²) in [7, 11) is 1.82. The number of thioether (sulfide) groups is 1. The number of fused-ring (bicyclic) bond motifs is 1. The lowest BCUT2D eigenvalue weighted by atomic mass is 10.2. The quantitative estimate of drug-likeness (QED) is 0.561. The predicted octanol–water partition coefficient (Wildman–Crippen LogP) is 3.15. The molecule has 2 aromatic heterocycles. The van der Waals surface area contributed by atoms with Crippen molar-refractivity contribution in [2.24, 2.45) is 7.05 Å². The first-order chi connectivity index (χ1) is 12.6. The third-order valence-electron chi connectivity index (χ3n) is 3.92. The number of rotatable bonds is 4.